The lowest BCUT2D eigenvalue weighted by molar-refractivity contribution is -0.115. The molecule has 1 aliphatic heterocycles. The van der Waals surface area contributed by atoms with Crippen LogP contribution in [0.4, 0.5) is 0 Å². The molecule has 0 saturated carbocycles. The molecule has 0 N–H and O–H groups in total. The van der Waals surface area contributed by atoms with Crippen LogP contribution in [0.25, 0.3) is 10.2 Å². The van der Waals surface area contributed by atoms with Crippen LogP contribution in [0.1, 0.15) is 13.3 Å². The van der Waals surface area contributed by atoms with Crippen LogP contribution in [-0.4, -0.2) is 37.9 Å². The van der Waals surface area contributed by atoms with E-state index in [1.54, 1.807) is 18.2 Å². The van der Waals surface area contributed by atoms with Gasteiger partial charge < -0.3 is 14.0 Å². The number of carbonyl (C=O) groups excluding carboxylic acids is 1. The molecule has 1 aliphatic rings. The third kappa shape index (κ3) is 4.06. The number of carbonyl (C=O) groups is 1. The van der Waals surface area contributed by atoms with Crippen molar-refractivity contribution in [2.24, 2.45) is 4.99 Å². The summed E-state index contributed by atoms with van der Waals surface area (Å²) in [5, 5.41) is 0. The molecule has 3 aromatic rings. The number of amides is 1. The Hall–Kier alpha value is -2.65. The van der Waals surface area contributed by atoms with Crippen molar-refractivity contribution in [3.8, 4) is 11.5 Å². The fourth-order valence-corrected chi connectivity index (χ4v) is 5.36. The molecule has 0 unspecified atom stereocenters. The van der Waals surface area contributed by atoms with Gasteiger partial charge in [0.15, 0.2) is 26.1 Å². The van der Waals surface area contributed by atoms with Crippen molar-refractivity contribution in [1.29, 1.82) is 0 Å². The fraction of sp³-hybridized carbons (Fsp3) is 0.300. The zero-order chi connectivity index (χ0) is 20.4. The van der Waals surface area contributed by atoms with Gasteiger partial charge in [-0.3, -0.25) is 4.79 Å². The molecular weight excluding hydrogens is 412 g/mol. The maximum atomic E-state index is 12.5. The van der Waals surface area contributed by atoms with Gasteiger partial charge in [-0.05, 0) is 18.6 Å². The first kappa shape index (κ1) is 19.7. The van der Waals surface area contributed by atoms with Crippen molar-refractivity contribution >= 4 is 37.3 Å². The van der Waals surface area contributed by atoms with Crippen molar-refractivity contribution in [3.63, 3.8) is 0 Å². The monoisotopic (exact) mass is 432 g/mol. The van der Waals surface area contributed by atoms with Gasteiger partial charge in [0.1, 0.15) is 19.0 Å². The Morgan fingerprint density at radius 3 is 2.52 bits per heavy atom. The van der Waals surface area contributed by atoms with Crippen molar-refractivity contribution < 1.29 is 22.7 Å². The van der Waals surface area contributed by atoms with Crippen LogP contribution in [0.3, 0.4) is 0 Å². The zero-order valence-corrected chi connectivity index (χ0v) is 17.5. The molecule has 9 heteroatoms. The Morgan fingerprint density at radius 1 is 1.14 bits per heavy atom. The van der Waals surface area contributed by atoms with Crippen LogP contribution in [0.5, 0.6) is 11.5 Å². The lowest BCUT2D eigenvalue weighted by atomic mass is 10.2. The minimum atomic E-state index is -3.74. The molecule has 4 rings (SSSR count). The molecule has 1 aromatic heterocycles. The third-order valence-electron chi connectivity index (χ3n) is 4.43. The summed E-state index contributed by atoms with van der Waals surface area (Å²) in [6.45, 7) is 3.66. The van der Waals surface area contributed by atoms with E-state index >= 15 is 0 Å². The lowest BCUT2D eigenvalue weighted by Crippen LogP contribution is -2.21. The predicted molar refractivity (Wildman–Crippen MR) is 110 cm³/mol. The van der Waals surface area contributed by atoms with Gasteiger partial charge in [0, 0.05) is 18.7 Å². The molecular formula is C20H20N2O5S2. The lowest BCUT2D eigenvalue weighted by Gasteiger charge is -2.18. The van der Waals surface area contributed by atoms with E-state index in [1.807, 2.05) is 23.6 Å². The number of hydrogen-bond acceptors (Lipinski definition) is 6. The van der Waals surface area contributed by atoms with E-state index in [0.717, 1.165) is 16.6 Å². The van der Waals surface area contributed by atoms with E-state index in [-0.39, 0.29) is 4.90 Å². The Bertz CT molecular complexity index is 1230. The maximum Gasteiger partial charge on any atom is 0.263 e. The molecule has 152 valence electrons. The summed E-state index contributed by atoms with van der Waals surface area (Å²) in [6.07, 6.45) is 0.837. The summed E-state index contributed by atoms with van der Waals surface area (Å²) < 4.78 is 39.1. The Balaban J connectivity index is 1.73. The molecule has 0 saturated heterocycles. The van der Waals surface area contributed by atoms with Crippen molar-refractivity contribution in [2.75, 3.05) is 19.0 Å². The number of hydrogen-bond donors (Lipinski definition) is 0. The highest BCUT2D eigenvalue weighted by Crippen LogP contribution is 2.35. The normalized spacial score (nSPS) is 14.3. The molecule has 0 fully saturated rings. The molecule has 0 atom stereocenters. The van der Waals surface area contributed by atoms with Gasteiger partial charge >= 0.3 is 0 Å². The van der Waals surface area contributed by atoms with E-state index in [2.05, 4.69) is 4.99 Å². The maximum absolute atomic E-state index is 12.5. The highest BCUT2D eigenvalue weighted by molar-refractivity contribution is 7.92. The highest BCUT2D eigenvalue weighted by atomic mass is 32.2. The number of ether oxygens (including phenoxy) is 2. The van der Waals surface area contributed by atoms with Gasteiger partial charge in [-0.25, -0.2) is 8.42 Å². The Morgan fingerprint density at radius 2 is 1.83 bits per heavy atom. The highest BCUT2D eigenvalue weighted by Gasteiger charge is 2.20. The second-order valence-corrected chi connectivity index (χ2v) is 9.58. The predicted octanol–water partition coefficient (Wildman–Crippen LogP) is 2.79. The first-order valence-corrected chi connectivity index (χ1v) is 11.7. The summed E-state index contributed by atoms with van der Waals surface area (Å²) in [5.41, 5.74) is 0.888. The molecule has 7 nitrogen and oxygen atoms in total. The molecule has 2 heterocycles. The smallest absolute Gasteiger partial charge is 0.263 e. The van der Waals surface area contributed by atoms with Gasteiger partial charge in [-0.2, -0.15) is 4.99 Å². The zero-order valence-electron chi connectivity index (χ0n) is 15.8. The number of nitrogens with zero attached hydrogens (tertiary/aromatic N) is 2. The summed E-state index contributed by atoms with van der Waals surface area (Å²) in [5.74, 6) is -0.0308. The van der Waals surface area contributed by atoms with Gasteiger partial charge in [-0.1, -0.05) is 36.5 Å². The van der Waals surface area contributed by atoms with Crippen molar-refractivity contribution in [3.05, 3.63) is 47.3 Å². The van der Waals surface area contributed by atoms with Crippen LogP contribution >= 0.6 is 11.3 Å². The quantitative estimate of drug-likeness (QED) is 0.619. The minimum absolute atomic E-state index is 0.114. The van der Waals surface area contributed by atoms with Gasteiger partial charge in [-0.15, -0.1) is 0 Å². The van der Waals surface area contributed by atoms with Crippen LogP contribution in [-0.2, 0) is 21.2 Å². The van der Waals surface area contributed by atoms with Crippen LogP contribution in [0.15, 0.2) is 52.4 Å². The van der Waals surface area contributed by atoms with E-state index in [4.69, 9.17) is 9.47 Å². The van der Waals surface area contributed by atoms with Crippen LogP contribution < -0.4 is 14.3 Å². The molecule has 0 aliphatic carbocycles. The van der Waals surface area contributed by atoms with Gasteiger partial charge in [0.25, 0.3) is 5.91 Å². The largest absolute Gasteiger partial charge is 0.486 e. The van der Waals surface area contributed by atoms with Crippen molar-refractivity contribution in [2.45, 2.75) is 24.8 Å². The van der Waals surface area contributed by atoms with E-state index < -0.39 is 21.5 Å². The van der Waals surface area contributed by atoms with Crippen LogP contribution in [0, 0.1) is 0 Å². The Labute approximate surface area is 172 Å². The number of thiazole rings is 1. The number of aryl methyl sites for hydroxylation is 1. The number of benzene rings is 2. The Kier molecular flexibility index (Phi) is 5.42. The van der Waals surface area contributed by atoms with Gasteiger partial charge in [0.05, 0.1) is 15.1 Å². The third-order valence-corrected chi connectivity index (χ3v) is 7.09. The molecule has 0 bridgehead atoms. The van der Waals surface area contributed by atoms with E-state index in [1.165, 1.54) is 23.5 Å². The molecule has 1 amide bonds. The number of sulfone groups is 1. The fourth-order valence-electron chi connectivity index (χ4n) is 3.14. The van der Waals surface area contributed by atoms with Crippen LogP contribution in [0.2, 0.25) is 0 Å². The average molecular weight is 433 g/mol. The number of aromatic nitrogens is 1. The standard InChI is InChI=1S/C20H20N2O5S2/c1-2-8-22-15-11-16-17(27-10-9-26-16)12-18(15)28-20(22)21-19(23)13-29(24,25)14-6-4-3-5-7-14/h3-7,11-12H,2,8-10,13H2,1H3. The first-order valence-electron chi connectivity index (χ1n) is 9.26. The summed E-state index contributed by atoms with van der Waals surface area (Å²) in [4.78, 5) is 17.2. The van der Waals surface area contributed by atoms with Crippen molar-refractivity contribution in [1.82, 2.24) is 4.57 Å². The first-order chi connectivity index (χ1) is 14.0. The number of fused-ring (bicyclic) bond motifs is 2. The molecule has 2 aromatic carbocycles. The second-order valence-electron chi connectivity index (χ2n) is 6.58. The summed E-state index contributed by atoms with van der Waals surface area (Å²) >= 11 is 1.33. The minimum Gasteiger partial charge on any atom is -0.486 e. The van der Waals surface area contributed by atoms with E-state index in [0.29, 0.717) is 36.1 Å². The molecule has 29 heavy (non-hydrogen) atoms. The summed E-state index contributed by atoms with van der Waals surface area (Å²) in [7, 11) is -3.74. The second kappa shape index (κ2) is 8.00. The topological polar surface area (TPSA) is 87.0 Å². The average Bonchev–Trinajstić information content (AvgIpc) is 3.02. The molecule has 0 spiro atoms. The number of rotatable bonds is 5. The van der Waals surface area contributed by atoms with E-state index in [9.17, 15) is 13.2 Å². The summed E-state index contributed by atoms with van der Waals surface area (Å²) in [6, 6.07) is 11.7. The SMILES string of the molecule is CCCn1c(=NC(=O)CS(=O)(=O)c2ccccc2)sc2cc3c(cc21)OCCO3. The molecule has 0 radical (unpaired) electrons. The van der Waals surface area contributed by atoms with Gasteiger partial charge in [0.2, 0.25) is 0 Å².